The Morgan fingerprint density at radius 3 is 2.63 bits per heavy atom. The molecule has 0 saturated carbocycles. The number of methoxy groups -OCH3 is 1. The molecule has 0 radical (unpaired) electrons. The Hall–Kier alpha value is -1.53. The Bertz CT molecular complexity index is 608. The van der Waals surface area contributed by atoms with Crippen molar-refractivity contribution in [1.29, 1.82) is 0 Å². The van der Waals surface area contributed by atoms with E-state index in [0.717, 1.165) is 12.8 Å². The van der Waals surface area contributed by atoms with E-state index >= 15 is 0 Å². The molecule has 0 unspecified atom stereocenters. The highest BCUT2D eigenvalue weighted by Gasteiger charge is 2.31. The van der Waals surface area contributed by atoms with E-state index in [2.05, 4.69) is 26.8 Å². The molecule has 0 aliphatic heterocycles. The fraction of sp³-hybridized carbons (Fsp3) is 0.591. The molecular formula is C22H34O5. The normalized spacial score (nSPS) is 33.5. The number of ether oxygens (including phenoxy) is 2. The van der Waals surface area contributed by atoms with Gasteiger partial charge in [0.15, 0.2) is 5.78 Å². The molecule has 3 atom stereocenters. The third-order valence-corrected chi connectivity index (χ3v) is 4.76. The Morgan fingerprint density at radius 1 is 1.33 bits per heavy atom. The molecule has 0 aromatic heterocycles. The number of ketones is 1. The zero-order chi connectivity index (χ0) is 20.5. The van der Waals surface area contributed by atoms with Gasteiger partial charge in [-0.2, -0.15) is 0 Å². The van der Waals surface area contributed by atoms with E-state index in [1.165, 1.54) is 24.8 Å². The summed E-state index contributed by atoms with van der Waals surface area (Å²) in [4.78, 5) is 12.4. The van der Waals surface area contributed by atoms with Gasteiger partial charge in [-0.3, -0.25) is 4.79 Å². The monoisotopic (exact) mass is 378 g/mol. The van der Waals surface area contributed by atoms with Crippen molar-refractivity contribution in [2.45, 2.75) is 58.7 Å². The second kappa shape index (κ2) is 10.7. The average molecular weight is 379 g/mol. The lowest BCUT2D eigenvalue weighted by molar-refractivity contribution is -0.114. The quantitative estimate of drug-likeness (QED) is 0.524. The Balaban J connectivity index is 3.27. The molecule has 0 saturated heterocycles. The van der Waals surface area contributed by atoms with E-state index in [9.17, 15) is 15.0 Å². The van der Waals surface area contributed by atoms with Gasteiger partial charge in [-0.15, -0.1) is 0 Å². The van der Waals surface area contributed by atoms with Crippen LogP contribution in [0.4, 0.5) is 0 Å². The zero-order valence-electron chi connectivity index (χ0n) is 17.2. The van der Waals surface area contributed by atoms with Gasteiger partial charge < -0.3 is 19.7 Å². The highest BCUT2D eigenvalue weighted by Crippen LogP contribution is 2.33. The topological polar surface area (TPSA) is 76.0 Å². The first-order chi connectivity index (χ1) is 12.6. The van der Waals surface area contributed by atoms with Crippen LogP contribution >= 0.6 is 0 Å². The Kier molecular flexibility index (Phi) is 9.33. The smallest absolute Gasteiger partial charge is 0.183 e. The van der Waals surface area contributed by atoms with Gasteiger partial charge in [-0.1, -0.05) is 36.8 Å². The van der Waals surface area contributed by atoms with Crippen LogP contribution in [0.2, 0.25) is 0 Å². The van der Waals surface area contributed by atoms with Crippen molar-refractivity contribution < 1.29 is 24.5 Å². The van der Waals surface area contributed by atoms with Crippen molar-refractivity contribution in [1.82, 2.24) is 0 Å². The summed E-state index contributed by atoms with van der Waals surface area (Å²) < 4.78 is 10.6. The predicted octanol–water partition coefficient (Wildman–Crippen LogP) is 3.48. The molecular weight excluding hydrogens is 344 g/mol. The van der Waals surface area contributed by atoms with Crippen LogP contribution < -0.4 is 0 Å². The van der Waals surface area contributed by atoms with Crippen LogP contribution in [0.1, 0.15) is 47.0 Å². The molecule has 1 aliphatic rings. The molecule has 0 aromatic carbocycles. The summed E-state index contributed by atoms with van der Waals surface area (Å²) in [5, 5.41) is 20.4. The van der Waals surface area contributed by atoms with Gasteiger partial charge in [0.05, 0.1) is 6.61 Å². The summed E-state index contributed by atoms with van der Waals surface area (Å²) in [7, 11) is 1.52. The van der Waals surface area contributed by atoms with Gasteiger partial charge in [0.2, 0.25) is 0 Å². The number of rotatable bonds is 7. The highest BCUT2D eigenvalue weighted by molar-refractivity contribution is 6.04. The molecule has 0 spiro atoms. The van der Waals surface area contributed by atoms with Crippen LogP contribution in [0.5, 0.6) is 0 Å². The first kappa shape index (κ1) is 23.5. The Morgan fingerprint density at radius 2 is 2.04 bits per heavy atom. The molecule has 5 nitrogen and oxygen atoms in total. The predicted molar refractivity (Wildman–Crippen MR) is 107 cm³/mol. The minimum absolute atomic E-state index is 0.0293. The van der Waals surface area contributed by atoms with Gasteiger partial charge in [0, 0.05) is 12.7 Å². The first-order valence-electron chi connectivity index (χ1n) is 9.32. The lowest BCUT2D eigenvalue weighted by Crippen LogP contribution is -2.39. The van der Waals surface area contributed by atoms with Crippen molar-refractivity contribution in [2.24, 2.45) is 5.41 Å². The summed E-state index contributed by atoms with van der Waals surface area (Å²) in [6, 6.07) is 0. The number of hydrogen-bond acceptors (Lipinski definition) is 5. The van der Waals surface area contributed by atoms with Gasteiger partial charge in [0.25, 0.3) is 0 Å². The van der Waals surface area contributed by atoms with E-state index in [0.29, 0.717) is 12.0 Å². The molecule has 0 aromatic rings. The van der Waals surface area contributed by atoms with Crippen molar-refractivity contribution in [2.75, 3.05) is 20.5 Å². The van der Waals surface area contributed by atoms with E-state index in [-0.39, 0.29) is 24.6 Å². The first-order valence-corrected chi connectivity index (χ1v) is 9.32. The third-order valence-electron chi connectivity index (χ3n) is 4.76. The average Bonchev–Trinajstić information content (AvgIpc) is 2.60. The maximum atomic E-state index is 12.4. The van der Waals surface area contributed by atoms with E-state index in [1.54, 1.807) is 13.0 Å². The second-order valence-electron chi connectivity index (χ2n) is 7.84. The molecule has 0 heterocycles. The van der Waals surface area contributed by atoms with Crippen LogP contribution in [0, 0.1) is 5.41 Å². The zero-order valence-corrected chi connectivity index (χ0v) is 17.2. The lowest BCUT2D eigenvalue weighted by atomic mass is 9.80. The number of carbonyl (C=O) groups is 1. The van der Waals surface area contributed by atoms with Crippen LogP contribution in [-0.2, 0) is 14.3 Å². The van der Waals surface area contributed by atoms with Crippen molar-refractivity contribution in [3.05, 3.63) is 47.6 Å². The Labute approximate surface area is 163 Å². The van der Waals surface area contributed by atoms with Crippen LogP contribution in [0.3, 0.4) is 0 Å². The van der Waals surface area contributed by atoms with Crippen LogP contribution in [-0.4, -0.2) is 48.2 Å². The summed E-state index contributed by atoms with van der Waals surface area (Å²) in [6.45, 7) is 7.52. The molecule has 1 rings (SSSR count). The molecule has 1 aliphatic carbocycles. The number of carbonyl (C=O) groups excluding carboxylic acids is 1. The number of allylic oxidation sites excluding steroid dienone is 5. The summed E-state index contributed by atoms with van der Waals surface area (Å²) in [6.07, 6.45) is 12.3. The third kappa shape index (κ3) is 7.93. The van der Waals surface area contributed by atoms with Gasteiger partial charge >= 0.3 is 0 Å². The van der Waals surface area contributed by atoms with E-state index in [1.807, 2.05) is 12.2 Å². The maximum Gasteiger partial charge on any atom is 0.183 e. The number of aliphatic hydroxyl groups excluding tert-OH is 1. The summed E-state index contributed by atoms with van der Waals surface area (Å²) in [5.74, 6) is -0.309. The van der Waals surface area contributed by atoms with Crippen molar-refractivity contribution in [3.8, 4) is 0 Å². The largest absolute Gasteiger partial charge is 0.392 e. The minimum Gasteiger partial charge on any atom is -0.392 e. The van der Waals surface area contributed by atoms with E-state index < -0.39 is 11.7 Å². The lowest BCUT2D eigenvalue weighted by Gasteiger charge is -2.30. The maximum absolute atomic E-state index is 12.4. The minimum atomic E-state index is -1.39. The van der Waals surface area contributed by atoms with Crippen molar-refractivity contribution >= 4 is 5.78 Å². The van der Waals surface area contributed by atoms with E-state index in [4.69, 9.17) is 9.47 Å². The van der Waals surface area contributed by atoms with Gasteiger partial charge in [-0.05, 0) is 57.6 Å². The second-order valence-corrected chi connectivity index (χ2v) is 7.84. The molecule has 0 bridgehead atoms. The number of aliphatic hydroxyl groups is 2. The fourth-order valence-corrected chi connectivity index (χ4v) is 2.87. The van der Waals surface area contributed by atoms with Crippen molar-refractivity contribution in [3.63, 3.8) is 0 Å². The molecule has 2 N–H and O–H groups in total. The van der Waals surface area contributed by atoms with Gasteiger partial charge in [0.1, 0.15) is 18.5 Å². The summed E-state index contributed by atoms with van der Waals surface area (Å²) >= 11 is 0. The SMILES string of the molecule is COCO[C@@H]1/C=C/[C@@](C)(CCC=C(C)C)C/C=C(/CO)C(=O)/C=C/[C@@]1(C)O. The van der Waals surface area contributed by atoms with Crippen LogP contribution in [0.25, 0.3) is 0 Å². The standard InChI is InChI=1S/C22H34O5/c1-17(2)7-6-11-21(3)12-8-18(15-23)19(24)9-14-22(4,25)20(10-13-21)27-16-26-5/h7-10,13-14,20,23,25H,6,11-12,15-16H2,1-5H3/b13-10+,14-9+,18-8-/t20-,21+,22-/m1/s1. The molecule has 0 amide bonds. The molecule has 5 heteroatoms. The highest BCUT2D eigenvalue weighted by atomic mass is 16.7. The number of hydrogen-bond donors (Lipinski definition) is 2. The van der Waals surface area contributed by atoms with Crippen LogP contribution in [0.15, 0.2) is 47.6 Å². The summed E-state index contributed by atoms with van der Waals surface area (Å²) in [5.41, 5.74) is -0.0485. The fourth-order valence-electron chi connectivity index (χ4n) is 2.87. The molecule has 152 valence electrons. The molecule has 27 heavy (non-hydrogen) atoms. The van der Waals surface area contributed by atoms with Gasteiger partial charge in [-0.25, -0.2) is 0 Å². The molecule has 0 fully saturated rings.